The van der Waals surface area contributed by atoms with Crippen LogP contribution in [-0.2, 0) is 27.3 Å². The monoisotopic (exact) mass is 570 g/mol. The van der Waals surface area contributed by atoms with Gasteiger partial charge >= 0.3 is 5.97 Å². The second-order valence-corrected chi connectivity index (χ2v) is 10.4. The van der Waals surface area contributed by atoms with Crippen LogP contribution in [0.4, 0.5) is 5.13 Å². The highest BCUT2D eigenvalue weighted by atomic mass is 32.2. The number of allylic oxidation sites excluding steroid dienone is 1. The molecule has 3 aromatic heterocycles. The largest absolute Gasteiger partial charge is 0.466 e. The Bertz CT molecular complexity index is 1670. The van der Waals surface area contributed by atoms with Crippen molar-refractivity contribution in [2.45, 2.75) is 25.0 Å². The second kappa shape index (κ2) is 12.7. The summed E-state index contributed by atoms with van der Waals surface area (Å²) in [4.78, 5) is 33.6. The average Bonchev–Trinajstić information content (AvgIpc) is 3.58. The lowest BCUT2D eigenvalue weighted by atomic mass is 10.0. The van der Waals surface area contributed by atoms with E-state index in [0.29, 0.717) is 35.0 Å². The molecule has 0 fully saturated rings. The van der Waals surface area contributed by atoms with Gasteiger partial charge in [-0.05, 0) is 19.1 Å². The first kappa shape index (κ1) is 27.2. The summed E-state index contributed by atoms with van der Waals surface area (Å²) in [7, 11) is 0. The van der Waals surface area contributed by atoms with Crippen molar-refractivity contribution in [2.75, 3.05) is 17.7 Å². The number of nitrogens with one attached hydrogen (secondary N) is 1. The Morgan fingerprint density at radius 1 is 1.10 bits per heavy atom. The van der Waals surface area contributed by atoms with Crippen molar-refractivity contribution < 1.29 is 14.3 Å². The summed E-state index contributed by atoms with van der Waals surface area (Å²) in [6.07, 6.45) is 1.84. The van der Waals surface area contributed by atoms with Crippen LogP contribution < -0.4 is 5.32 Å². The molecule has 0 atom stereocenters. The van der Waals surface area contributed by atoms with E-state index >= 15 is 0 Å². The molecule has 1 N–H and O–H groups in total. The third-order valence-electron chi connectivity index (χ3n) is 5.82. The molecule has 0 saturated heterocycles. The van der Waals surface area contributed by atoms with E-state index in [2.05, 4.69) is 27.1 Å². The van der Waals surface area contributed by atoms with E-state index < -0.39 is 0 Å². The van der Waals surface area contributed by atoms with Crippen molar-refractivity contribution in [3.05, 3.63) is 84.4 Å². The number of rotatable bonds is 11. The van der Waals surface area contributed by atoms with Crippen molar-refractivity contribution in [2.24, 2.45) is 0 Å². The van der Waals surface area contributed by atoms with Gasteiger partial charge in [-0.1, -0.05) is 66.4 Å². The summed E-state index contributed by atoms with van der Waals surface area (Å²) in [5, 5.41) is 15.4. The number of hydrogen-bond donors (Lipinski definition) is 1. The Balaban J connectivity index is 1.37. The molecule has 0 radical (unpaired) electrons. The molecule has 0 saturated carbocycles. The van der Waals surface area contributed by atoms with Crippen LogP contribution in [0.2, 0.25) is 0 Å². The number of carbonyl (C=O) groups excluding carboxylic acids is 2. The molecule has 0 bridgehead atoms. The number of thiazole rings is 1. The Hall–Kier alpha value is -4.35. The minimum atomic E-state index is -0.351. The number of thioether (sulfide) groups is 1. The van der Waals surface area contributed by atoms with Gasteiger partial charge in [0.05, 0.1) is 35.7 Å². The molecule has 202 valence electrons. The molecule has 2 aromatic carbocycles. The van der Waals surface area contributed by atoms with Gasteiger partial charge in [0, 0.05) is 28.4 Å². The quantitative estimate of drug-likeness (QED) is 0.123. The zero-order valence-electron chi connectivity index (χ0n) is 21.7. The summed E-state index contributed by atoms with van der Waals surface area (Å²) in [5.74, 6) is 0.185. The molecule has 0 aliphatic rings. The van der Waals surface area contributed by atoms with Crippen LogP contribution in [-0.4, -0.2) is 49.0 Å². The minimum absolute atomic E-state index is 0.0675. The van der Waals surface area contributed by atoms with Gasteiger partial charge in [0.1, 0.15) is 0 Å². The van der Waals surface area contributed by atoms with E-state index in [1.807, 2.05) is 65.2 Å². The lowest BCUT2D eigenvalue weighted by Gasteiger charge is -2.12. The highest BCUT2D eigenvalue weighted by Gasteiger charge is 2.19. The van der Waals surface area contributed by atoms with Crippen molar-refractivity contribution in [3.63, 3.8) is 0 Å². The zero-order chi connectivity index (χ0) is 27.9. The van der Waals surface area contributed by atoms with E-state index in [1.165, 1.54) is 23.1 Å². The summed E-state index contributed by atoms with van der Waals surface area (Å²) in [5.41, 5.74) is 4.14. The number of anilines is 1. The van der Waals surface area contributed by atoms with Gasteiger partial charge in [0.2, 0.25) is 5.91 Å². The maximum Gasteiger partial charge on any atom is 0.311 e. The van der Waals surface area contributed by atoms with Crippen LogP contribution in [0.25, 0.3) is 33.5 Å². The van der Waals surface area contributed by atoms with Gasteiger partial charge in [0.25, 0.3) is 0 Å². The molecular formula is C29H26N6O3S2. The summed E-state index contributed by atoms with van der Waals surface area (Å²) in [6, 6.07) is 20.0. The maximum atomic E-state index is 12.7. The first-order valence-corrected chi connectivity index (χ1v) is 14.4. The lowest BCUT2D eigenvalue weighted by molar-refractivity contribution is -0.142. The van der Waals surface area contributed by atoms with Crippen LogP contribution in [0.3, 0.4) is 0 Å². The Morgan fingerprint density at radius 2 is 1.90 bits per heavy atom. The Morgan fingerprint density at radius 3 is 2.70 bits per heavy atom. The topological polar surface area (TPSA) is 112 Å². The minimum Gasteiger partial charge on any atom is -0.466 e. The predicted octanol–water partition coefficient (Wildman–Crippen LogP) is 5.64. The standard InChI is InChI=1S/C29H26N6O3S2/c1-3-14-35-27(22-16-24(19-10-6-5-7-11-19)31-23-13-9-8-12-21(22)23)33-34-29(35)40-18-25(36)32-28-30-20(17-39-28)15-26(37)38-4-2/h3,5-13,16-17H,1,4,14-15,18H2,2H3,(H,30,32,36). The molecule has 9 nitrogen and oxygen atoms in total. The summed E-state index contributed by atoms with van der Waals surface area (Å²) >= 11 is 2.54. The summed E-state index contributed by atoms with van der Waals surface area (Å²) < 4.78 is 6.90. The third kappa shape index (κ3) is 6.27. The van der Waals surface area contributed by atoms with Gasteiger partial charge in [-0.25, -0.2) is 9.97 Å². The van der Waals surface area contributed by atoms with Crippen molar-refractivity contribution in [3.8, 4) is 22.6 Å². The lowest BCUT2D eigenvalue weighted by Crippen LogP contribution is -2.15. The third-order valence-corrected chi connectivity index (χ3v) is 7.59. The van der Waals surface area contributed by atoms with E-state index in [0.717, 1.165) is 27.7 Å². The molecule has 0 unspecified atom stereocenters. The predicted molar refractivity (Wildman–Crippen MR) is 158 cm³/mol. The molecule has 3 heterocycles. The van der Waals surface area contributed by atoms with Crippen LogP contribution in [0.5, 0.6) is 0 Å². The molecule has 5 rings (SSSR count). The molecule has 0 aliphatic carbocycles. The molecular weight excluding hydrogens is 544 g/mol. The fourth-order valence-electron chi connectivity index (χ4n) is 4.10. The number of aromatic nitrogens is 5. The van der Waals surface area contributed by atoms with Crippen molar-refractivity contribution in [1.82, 2.24) is 24.7 Å². The number of hydrogen-bond acceptors (Lipinski definition) is 9. The number of nitrogens with zero attached hydrogens (tertiary/aromatic N) is 5. The fraction of sp³-hybridized carbons (Fsp3) is 0.172. The van der Waals surface area contributed by atoms with Crippen LogP contribution in [0, 0.1) is 0 Å². The number of fused-ring (bicyclic) bond motifs is 1. The normalized spacial score (nSPS) is 10.9. The summed E-state index contributed by atoms with van der Waals surface area (Å²) in [6.45, 7) is 6.44. The molecule has 5 aromatic rings. The molecule has 0 aliphatic heterocycles. The van der Waals surface area contributed by atoms with Crippen LogP contribution >= 0.6 is 23.1 Å². The number of esters is 1. The van der Waals surface area contributed by atoms with Crippen LogP contribution in [0.1, 0.15) is 12.6 Å². The Labute approximate surface area is 239 Å². The fourth-order valence-corrected chi connectivity index (χ4v) is 5.57. The molecule has 1 amide bonds. The number of para-hydroxylation sites is 1. The smallest absolute Gasteiger partial charge is 0.311 e. The van der Waals surface area contributed by atoms with Gasteiger partial charge in [-0.15, -0.1) is 28.1 Å². The van der Waals surface area contributed by atoms with E-state index in [-0.39, 0.29) is 24.1 Å². The number of benzene rings is 2. The SMILES string of the molecule is C=CCn1c(SCC(=O)Nc2nc(CC(=O)OCC)cs2)nnc1-c1cc(-c2ccccc2)nc2ccccc12. The first-order chi connectivity index (χ1) is 19.6. The second-order valence-electron chi connectivity index (χ2n) is 8.61. The number of ether oxygens (including phenoxy) is 1. The molecule has 0 spiro atoms. The number of carbonyl (C=O) groups is 2. The first-order valence-electron chi connectivity index (χ1n) is 12.6. The van der Waals surface area contributed by atoms with Gasteiger partial charge in [-0.2, -0.15) is 0 Å². The molecule has 11 heteroatoms. The highest BCUT2D eigenvalue weighted by Crippen LogP contribution is 2.33. The number of pyridine rings is 1. The van der Waals surface area contributed by atoms with Crippen molar-refractivity contribution in [1.29, 1.82) is 0 Å². The van der Waals surface area contributed by atoms with E-state index in [1.54, 1.807) is 18.4 Å². The maximum absolute atomic E-state index is 12.7. The van der Waals surface area contributed by atoms with Gasteiger partial charge in [-0.3, -0.25) is 14.2 Å². The van der Waals surface area contributed by atoms with E-state index in [9.17, 15) is 9.59 Å². The van der Waals surface area contributed by atoms with Gasteiger partial charge < -0.3 is 10.1 Å². The number of amides is 1. The van der Waals surface area contributed by atoms with E-state index in [4.69, 9.17) is 9.72 Å². The Kier molecular flexibility index (Phi) is 8.62. The average molecular weight is 571 g/mol. The highest BCUT2D eigenvalue weighted by molar-refractivity contribution is 7.99. The van der Waals surface area contributed by atoms with Crippen LogP contribution in [0.15, 0.2) is 83.9 Å². The van der Waals surface area contributed by atoms with Crippen molar-refractivity contribution >= 4 is 51.0 Å². The van der Waals surface area contributed by atoms with Gasteiger partial charge in [0.15, 0.2) is 16.1 Å². The molecule has 40 heavy (non-hydrogen) atoms. The zero-order valence-corrected chi connectivity index (χ0v) is 23.4.